The summed E-state index contributed by atoms with van der Waals surface area (Å²) < 4.78 is 27.3. The molecule has 0 aromatic heterocycles. The summed E-state index contributed by atoms with van der Waals surface area (Å²) in [6, 6.07) is 58.2. The Morgan fingerprint density at radius 1 is 0.180 bits per heavy atom. The van der Waals surface area contributed by atoms with E-state index in [1.54, 1.807) is 0 Å². The molecule has 0 atom stereocenters. The smallest absolute Gasteiger partial charge is 0.164 e. The van der Waals surface area contributed by atoms with Gasteiger partial charge >= 0.3 is 0 Å². The van der Waals surface area contributed by atoms with E-state index in [2.05, 4.69) is 198 Å². The summed E-state index contributed by atoms with van der Waals surface area (Å²) in [6.45, 7) is 8.90. The second kappa shape index (κ2) is 53.1. The average Bonchev–Trinajstić information content (AvgIpc) is 1.60. The van der Waals surface area contributed by atoms with Gasteiger partial charge < -0.3 is 18.9 Å². The zero-order chi connectivity index (χ0) is 88.0. The number of hydrogen-bond donors (Lipinski definition) is 0. The van der Waals surface area contributed by atoms with Crippen LogP contribution in [0.4, 0.5) is 0 Å². The van der Waals surface area contributed by atoms with Crippen LogP contribution in [0.2, 0.25) is 0 Å². The van der Waals surface area contributed by atoms with Gasteiger partial charge in [-0.2, -0.15) is 0 Å². The van der Waals surface area contributed by atoms with Gasteiger partial charge in [-0.05, 0) is 298 Å². The normalized spacial score (nSPS) is 13.9. The summed E-state index contributed by atoms with van der Waals surface area (Å²) in [5.41, 5.74) is 10.9. The Bertz CT molecular complexity index is 4780. The van der Waals surface area contributed by atoms with Crippen molar-refractivity contribution in [3.63, 3.8) is 0 Å². The second-order valence-electron chi connectivity index (χ2n) is 34.4. The summed E-state index contributed by atoms with van der Waals surface area (Å²) in [4.78, 5) is 43.4. The first-order valence-corrected chi connectivity index (χ1v) is 48.9. The first kappa shape index (κ1) is 93.9. The fourth-order valence-corrected chi connectivity index (χ4v) is 16.6. The third kappa shape index (κ3) is 30.2. The summed E-state index contributed by atoms with van der Waals surface area (Å²) in [7, 11) is 0. The van der Waals surface area contributed by atoms with Crippen molar-refractivity contribution in [2.24, 2.45) is 39.9 Å². The van der Waals surface area contributed by atoms with Crippen molar-refractivity contribution in [2.75, 3.05) is 0 Å². The third-order valence-electron chi connectivity index (χ3n) is 23.7. The number of fused-ring (bicyclic) bond motifs is 16. The molecule has 0 fully saturated rings. The molecule has 0 spiro atoms. The molecule has 8 aromatic carbocycles. The molecule has 13 rings (SSSR count). The van der Waals surface area contributed by atoms with Crippen LogP contribution in [0.5, 0.6) is 46.0 Å². The SMILES string of the molecule is CCC/C=C/C/C=C/CCCCCCCc1cccc(Oc2ccc3c(c2)C2=NC3=NC3=NC(=NC4=NC(=NC5=NC(=N2)c2ccc(Oc6cccc(CCCCCCC/C=C/C/C=C/CCC)c6)cc25)c2ccc(Oc5cccc(CCCCCCC/C=C/C/C=C/CCC)c5)cc24)c2ccc(Oc4cccc(CCCCCCC/C=C/C/C=C/CCC)c4)cc23)c1. The van der Waals surface area contributed by atoms with Crippen molar-refractivity contribution in [3.05, 3.63) is 334 Å². The molecular weight excluding hydrogens is 1570 g/mol. The lowest BCUT2D eigenvalue weighted by atomic mass is 10.0. The van der Waals surface area contributed by atoms with Crippen LogP contribution in [0.15, 0.2) is 307 Å². The van der Waals surface area contributed by atoms with Crippen LogP contribution < -0.4 is 18.9 Å². The van der Waals surface area contributed by atoms with E-state index in [1.807, 2.05) is 97.1 Å². The van der Waals surface area contributed by atoms with E-state index in [9.17, 15) is 0 Å². The van der Waals surface area contributed by atoms with Crippen LogP contribution in [0.1, 0.15) is 326 Å². The topological polar surface area (TPSA) is 136 Å². The number of hydrogen-bond acceptors (Lipinski definition) is 12. The molecule has 128 heavy (non-hydrogen) atoms. The van der Waals surface area contributed by atoms with Gasteiger partial charge in [0.2, 0.25) is 0 Å². The molecule has 0 saturated carbocycles. The van der Waals surface area contributed by atoms with E-state index >= 15 is 0 Å². The highest BCUT2D eigenvalue weighted by Crippen LogP contribution is 2.38. The number of aryl methyl sites for hydroxylation is 4. The van der Waals surface area contributed by atoms with Gasteiger partial charge in [0.15, 0.2) is 46.7 Å². The Morgan fingerprint density at radius 2 is 0.367 bits per heavy atom. The van der Waals surface area contributed by atoms with Crippen molar-refractivity contribution >= 4 is 46.7 Å². The van der Waals surface area contributed by atoms with Crippen molar-refractivity contribution in [2.45, 2.75) is 285 Å². The molecule has 5 aliphatic rings. The highest BCUT2D eigenvalue weighted by Gasteiger charge is 2.33. The van der Waals surface area contributed by atoms with Gasteiger partial charge in [-0.1, -0.05) is 276 Å². The zero-order valence-corrected chi connectivity index (χ0v) is 76.9. The maximum Gasteiger partial charge on any atom is 0.164 e. The largest absolute Gasteiger partial charge is 0.457 e. The fourth-order valence-electron chi connectivity index (χ4n) is 16.6. The molecule has 664 valence electrons. The van der Waals surface area contributed by atoms with Crippen LogP contribution >= 0.6 is 0 Å². The molecule has 0 aliphatic carbocycles. The van der Waals surface area contributed by atoms with E-state index in [4.69, 9.17) is 58.9 Å². The van der Waals surface area contributed by atoms with Crippen LogP contribution in [-0.4, -0.2) is 46.7 Å². The summed E-state index contributed by atoms with van der Waals surface area (Å²) >= 11 is 0. The molecule has 0 amide bonds. The molecule has 8 aromatic rings. The minimum Gasteiger partial charge on any atom is -0.457 e. The van der Waals surface area contributed by atoms with Gasteiger partial charge in [-0.25, -0.2) is 39.9 Å². The van der Waals surface area contributed by atoms with E-state index in [-0.39, 0.29) is 0 Å². The summed E-state index contributed by atoms with van der Waals surface area (Å²) in [5, 5.41) is 0. The van der Waals surface area contributed by atoms with E-state index in [0.717, 1.165) is 196 Å². The van der Waals surface area contributed by atoms with E-state index < -0.39 is 0 Å². The molecular formula is C116H136N8O4. The number of amidine groups is 8. The molecule has 8 bridgehead atoms. The predicted octanol–water partition coefficient (Wildman–Crippen LogP) is 32.7. The van der Waals surface area contributed by atoms with Gasteiger partial charge in [-0.15, -0.1) is 0 Å². The first-order valence-electron chi connectivity index (χ1n) is 48.9. The summed E-state index contributed by atoms with van der Waals surface area (Å²) in [5.74, 6) is 8.93. The van der Waals surface area contributed by atoms with Gasteiger partial charge in [0.05, 0.1) is 0 Å². The van der Waals surface area contributed by atoms with Gasteiger partial charge in [0.1, 0.15) is 46.0 Å². The lowest BCUT2D eigenvalue weighted by Gasteiger charge is -2.11. The molecule has 0 radical (unpaired) electrons. The van der Waals surface area contributed by atoms with Crippen molar-refractivity contribution in [3.8, 4) is 46.0 Å². The van der Waals surface area contributed by atoms with Crippen LogP contribution in [0.3, 0.4) is 0 Å². The minimum atomic E-state index is 0.412. The van der Waals surface area contributed by atoms with Crippen LogP contribution in [0.25, 0.3) is 0 Å². The molecule has 5 heterocycles. The molecule has 0 unspecified atom stereocenters. The van der Waals surface area contributed by atoms with Crippen LogP contribution in [-0.2, 0) is 25.7 Å². The minimum absolute atomic E-state index is 0.412. The van der Waals surface area contributed by atoms with Crippen molar-refractivity contribution in [1.82, 2.24) is 0 Å². The fraction of sp³-hybridized carbons (Fsp3) is 0.379. The predicted molar refractivity (Wildman–Crippen MR) is 541 cm³/mol. The molecule has 5 aliphatic heterocycles. The monoisotopic (exact) mass is 1710 g/mol. The number of unbranched alkanes of at least 4 members (excludes halogenated alkanes) is 24. The number of nitrogens with zero attached hydrogens (tertiary/aromatic N) is 8. The van der Waals surface area contributed by atoms with Gasteiger partial charge in [0, 0.05) is 44.5 Å². The maximum absolute atomic E-state index is 6.83. The van der Waals surface area contributed by atoms with Gasteiger partial charge in [-0.3, -0.25) is 0 Å². The standard InChI is InChI=1S/C116H136N8O4/c1-5-9-13-17-21-25-29-33-37-41-45-49-53-61-89-65-57-69-93(81-89)125-97-73-77-101-105(85-97)113-117-109(101)122-114-107-87-99(127-95-71-59-67-91(83-95)63-55-51-47-43-39-35-31-27-23-19-15-11-7-3)75-79-103(107)111(119-114)124-116-108-88-100(128-96-72-60-68-92(84-96)64-56-52-48-44-40-36-32-28-24-20-16-12-8-4)76-80-104(108)112(120-116)123-115-106-86-98(74-78-102(106)110(118-115)121-113)126-94-70-58-66-90(82-94)62-54-50-46-42-38-34-30-26-22-18-14-10-6-2/h13-20,25-32,57-60,65-88H,5-12,21-24,33-56,61-64H2,1-4H3/b17-13+,18-14+,19-15+,20-16+,29-25+,30-26+,31-27+,32-28+,121-110?,121-113?,122-109?,122-114?,123-112?,123-115?,124-111?,124-116?. The first-order chi connectivity index (χ1) is 63.3. The lowest BCUT2D eigenvalue weighted by Crippen LogP contribution is -2.03. The molecule has 12 nitrogen and oxygen atoms in total. The maximum atomic E-state index is 6.83. The lowest BCUT2D eigenvalue weighted by molar-refractivity contribution is 0.481. The highest BCUT2D eigenvalue weighted by atomic mass is 16.5. The Labute approximate surface area is 765 Å². The number of benzene rings is 8. The Morgan fingerprint density at radius 3 is 0.586 bits per heavy atom. The molecule has 0 N–H and O–H groups in total. The zero-order valence-electron chi connectivity index (χ0n) is 76.9. The third-order valence-corrected chi connectivity index (χ3v) is 23.7. The highest BCUT2D eigenvalue weighted by molar-refractivity contribution is 6.35. The second-order valence-corrected chi connectivity index (χ2v) is 34.4. The van der Waals surface area contributed by atoms with Crippen LogP contribution in [0, 0.1) is 0 Å². The number of allylic oxidation sites excluding steroid dienone is 16. The Hall–Kier alpha value is -11.8. The Balaban J connectivity index is 0.787. The average molecular weight is 1710 g/mol. The number of rotatable bonds is 56. The Kier molecular flexibility index (Phi) is 39.0. The quantitative estimate of drug-likeness (QED) is 0.0277. The van der Waals surface area contributed by atoms with Crippen molar-refractivity contribution < 1.29 is 18.9 Å². The summed E-state index contributed by atoms with van der Waals surface area (Å²) in [6.07, 6.45) is 83.0. The van der Waals surface area contributed by atoms with Crippen molar-refractivity contribution in [1.29, 1.82) is 0 Å². The number of ether oxygens (including phenoxy) is 4. The van der Waals surface area contributed by atoms with E-state index in [0.29, 0.717) is 69.7 Å². The van der Waals surface area contributed by atoms with Gasteiger partial charge in [0.25, 0.3) is 0 Å². The van der Waals surface area contributed by atoms with E-state index in [1.165, 1.54) is 151 Å². The molecule has 12 heteroatoms. The molecule has 0 saturated heterocycles. The number of aliphatic imine (C=N–C) groups is 8.